The summed E-state index contributed by atoms with van der Waals surface area (Å²) in [6, 6.07) is 3.85. The molecule has 1 aliphatic heterocycles. The molecule has 1 aromatic heterocycles. The van der Waals surface area contributed by atoms with Crippen molar-refractivity contribution in [3.63, 3.8) is 0 Å². The lowest BCUT2D eigenvalue weighted by molar-refractivity contribution is -0.138. The Balaban J connectivity index is 2.04. The van der Waals surface area contributed by atoms with E-state index >= 15 is 0 Å². The van der Waals surface area contributed by atoms with Crippen LogP contribution in [-0.4, -0.2) is 33.1 Å². The van der Waals surface area contributed by atoms with E-state index in [4.69, 9.17) is 5.11 Å². The van der Waals surface area contributed by atoms with Crippen LogP contribution in [0.1, 0.15) is 18.2 Å². The van der Waals surface area contributed by atoms with E-state index in [0.717, 1.165) is 22.4 Å². The Morgan fingerprint density at radius 1 is 1.58 bits per heavy atom. The number of hydrogen-bond donors (Lipinski definition) is 2. The molecule has 0 saturated carbocycles. The van der Waals surface area contributed by atoms with Crippen molar-refractivity contribution in [2.24, 2.45) is 10.2 Å². The maximum absolute atomic E-state index is 11.5. The Morgan fingerprint density at radius 2 is 2.37 bits per heavy atom. The van der Waals surface area contributed by atoms with Gasteiger partial charge in [0.2, 0.25) is 5.91 Å². The second-order valence-corrected chi connectivity index (χ2v) is 5.90. The molecule has 0 aromatic carbocycles. The molecule has 1 aromatic rings. The van der Waals surface area contributed by atoms with Crippen LogP contribution in [0.3, 0.4) is 0 Å². The molecule has 2 heterocycles. The number of thiophene rings is 1. The number of carbonyl (C=O) groups excluding carboxylic acids is 1. The number of amides is 1. The molecule has 1 amide bonds. The number of carbonyl (C=O) groups is 2. The Bertz CT molecular complexity index is 552. The van der Waals surface area contributed by atoms with Gasteiger partial charge in [0.25, 0.3) is 0 Å². The molecule has 2 rings (SSSR count). The van der Waals surface area contributed by atoms with Crippen LogP contribution in [0.15, 0.2) is 27.7 Å². The number of carboxylic acid groups (broad SMARTS) is 1. The molecule has 1 aliphatic rings. The van der Waals surface area contributed by atoms with Crippen molar-refractivity contribution >= 4 is 45.9 Å². The van der Waals surface area contributed by atoms with Gasteiger partial charge in [-0.25, -0.2) is 0 Å². The number of aliphatic carboxylic acids is 1. The second kappa shape index (κ2) is 5.98. The Hall–Kier alpha value is -1.67. The summed E-state index contributed by atoms with van der Waals surface area (Å²) in [4.78, 5) is 23.0. The minimum atomic E-state index is -1.01. The lowest BCUT2D eigenvalue weighted by atomic mass is 10.3. The molecular weight excluding hydrogens is 286 g/mol. The number of rotatable bonds is 4. The van der Waals surface area contributed by atoms with E-state index in [2.05, 4.69) is 15.5 Å². The van der Waals surface area contributed by atoms with Crippen LogP contribution < -0.4 is 5.32 Å². The van der Waals surface area contributed by atoms with Gasteiger partial charge < -0.3 is 10.4 Å². The molecule has 0 bridgehead atoms. The smallest absolute Gasteiger partial charge is 0.305 e. The molecule has 6 nitrogen and oxygen atoms in total. The van der Waals surface area contributed by atoms with Gasteiger partial charge in [-0.2, -0.15) is 5.10 Å². The first-order valence-electron chi connectivity index (χ1n) is 5.41. The maximum atomic E-state index is 11.5. The van der Waals surface area contributed by atoms with Gasteiger partial charge in [0.15, 0.2) is 5.17 Å². The van der Waals surface area contributed by atoms with Gasteiger partial charge in [-0.3, -0.25) is 9.59 Å². The average Bonchev–Trinajstić information content (AvgIpc) is 2.96. The lowest BCUT2D eigenvalue weighted by Gasteiger charge is -1.98. The van der Waals surface area contributed by atoms with Crippen molar-refractivity contribution in [2.75, 3.05) is 0 Å². The summed E-state index contributed by atoms with van der Waals surface area (Å²) >= 11 is 2.64. The van der Waals surface area contributed by atoms with Crippen molar-refractivity contribution in [3.05, 3.63) is 22.4 Å². The van der Waals surface area contributed by atoms with E-state index in [0.29, 0.717) is 5.17 Å². The van der Waals surface area contributed by atoms with Crippen molar-refractivity contribution < 1.29 is 14.7 Å². The van der Waals surface area contributed by atoms with E-state index in [1.54, 1.807) is 11.3 Å². The summed E-state index contributed by atoms with van der Waals surface area (Å²) in [5.74, 6) is -1.35. The van der Waals surface area contributed by atoms with Gasteiger partial charge in [-0.05, 0) is 18.4 Å². The molecule has 0 aliphatic carbocycles. The van der Waals surface area contributed by atoms with Crippen LogP contribution in [0.2, 0.25) is 0 Å². The molecule has 1 unspecified atom stereocenters. The average molecular weight is 297 g/mol. The molecule has 2 N–H and O–H groups in total. The number of nitrogens with one attached hydrogen (secondary N) is 1. The van der Waals surface area contributed by atoms with Gasteiger partial charge in [-0.1, -0.05) is 17.8 Å². The topological polar surface area (TPSA) is 91.1 Å². The van der Waals surface area contributed by atoms with Gasteiger partial charge in [-0.15, -0.1) is 16.4 Å². The second-order valence-electron chi connectivity index (χ2n) is 3.76. The number of carboxylic acids is 1. The zero-order chi connectivity index (χ0) is 13.8. The fourth-order valence-electron chi connectivity index (χ4n) is 1.40. The fourth-order valence-corrected chi connectivity index (χ4v) is 2.98. The van der Waals surface area contributed by atoms with Crippen LogP contribution in [-0.2, 0) is 9.59 Å². The van der Waals surface area contributed by atoms with Crippen LogP contribution >= 0.6 is 23.1 Å². The summed E-state index contributed by atoms with van der Waals surface area (Å²) < 4.78 is 0. The van der Waals surface area contributed by atoms with Crippen molar-refractivity contribution in [1.82, 2.24) is 5.32 Å². The SMILES string of the molecule is C/C(=N\N=C1/NC(=O)C(CC(=O)O)S1)c1cccs1. The predicted octanol–water partition coefficient (Wildman–Crippen LogP) is 1.53. The predicted molar refractivity (Wildman–Crippen MR) is 75.7 cm³/mol. The van der Waals surface area contributed by atoms with Crippen molar-refractivity contribution in [3.8, 4) is 0 Å². The monoisotopic (exact) mass is 297 g/mol. The molecule has 1 fully saturated rings. The minimum Gasteiger partial charge on any atom is -0.481 e. The highest BCUT2D eigenvalue weighted by Gasteiger charge is 2.32. The quantitative estimate of drug-likeness (QED) is 0.651. The van der Waals surface area contributed by atoms with Gasteiger partial charge >= 0.3 is 5.97 Å². The van der Waals surface area contributed by atoms with E-state index in [1.807, 2.05) is 24.4 Å². The van der Waals surface area contributed by atoms with E-state index < -0.39 is 11.2 Å². The third-order valence-corrected chi connectivity index (χ3v) is 4.36. The first-order chi connectivity index (χ1) is 9.06. The van der Waals surface area contributed by atoms with Crippen molar-refractivity contribution in [1.29, 1.82) is 0 Å². The number of thioether (sulfide) groups is 1. The third-order valence-electron chi connectivity index (χ3n) is 2.31. The van der Waals surface area contributed by atoms with Crippen molar-refractivity contribution in [2.45, 2.75) is 18.6 Å². The van der Waals surface area contributed by atoms with Gasteiger partial charge in [0.05, 0.1) is 17.0 Å². The molecule has 1 saturated heterocycles. The zero-order valence-corrected chi connectivity index (χ0v) is 11.6. The molecule has 0 radical (unpaired) electrons. The van der Waals surface area contributed by atoms with Gasteiger partial charge in [0.1, 0.15) is 5.25 Å². The van der Waals surface area contributed by atoms with Crippen LogP contribution in [0, 0.1) is 0 Å². The van der Waals surface area contributed by atoms with Crippen LogP contribution in [0.4, 0.5) is 0 Å². The summed E-state index contributed by atoms with van der Waals surface area (Å²) in [6.07, 6.45) is -0.219. The van der Waals surface area contributed by atoms with E-state index in [1.165, 1.54) is 0 Å². The highest BCUT2D eigenvalue weighted by atomic mass is 32.2. The molecular formula is C11H11N3O3S2. The normalized spacial score (nSPS) is 21.7. The summed E-state index contributed by atoms with van der Waals surface area (Å²) in [5.41, 5.74) is 0.749. The largest absolute Gasteiger partial charge is 0.481 e. The number of amidine groups is 1. The summed E-state index contributed by atoms with van der Waals surface area (Å²) in [5, 5.41) is 20.8. The molecule has 0 spiro atoms. The standard InChI is InChI=1S/C11H11N3O3S2/c1-6(7-3-2-4-18-7)13-14-11-12-10(17)8(19-11)5-9(15)16/h2-4,8H,5H2,1H3,(H,15,16)(H,12,14,17)/b13-6+. The van der Waals surface area contributed by atoms with E-state index in [-0.39, 0.29) is 12.3 Å². The Kier molecular flexibility index (Phi) is 4.33. The summed E-state index contributed by atoms with van der Waals surface area (Å²) in [7, 11) is 0. The highest BCUT2D eigenvalue weighted by molar-refractivity contribution is 8.15. The fraction of sp³-hybridized carbons (Fsp3) is 0.273. The first-order valence-corrected chi connectivity index (χ1v) is 7.17. The van der Waals surface area contributed by atoms with E-state index in [9.17, 15) is 9.59 Å². The van der Waals surface area contributed by atoms with Gasteiger partial charge in [0, 0.05) is 0 Å². The Labute approximate surface area is 117 Å². The highest BCUT2D eigenvalue weighted by Crippen LogP contribution is 2.22. The molecule has 8 heteroatoms. The molecule has 19 heavy (non-hydrogen) atoms. The molecule has 100 valence electrons. The minimum absolute atomic E-state index is 0.219. The Morgan fingerprint density at radius 3 is 3.00 bits per heavy atom. The first kappa shape index (κ1) is 13.8. The van der Waals surface area contributed by atoms with Crippen LogP contribution in [0.5, 0.6) is 0 Å². The van der Waals surface area contributed by atoms with Crippen LogP contribution in [0.25, 0.3) is 0 Å². The number of hydrogen-bond acceptors (Lipinski definition) is 6. The summed E-state index contributed by atoms with van der Waals surface area (Å²) in [6.45, 7) is 1.83. The zero-order valence-electron chi connectivity index (χ0n) is 9.99. The number of nitrogens with zero attached hydrogens (tertiary/aromatic N) is 2. The molecule has 1 atom stereocenters. The lowest BCUT2D eigenvalue weighted by Crippen LogP contribution is -2.26. The maximum Gasteiger partial charge on any atom is 0.305 e. The third kappa shape index (κ3) is 3.65.